The summed E-state index contributed by atoms with van der Waals surface area (Å²) in [4.78, 5) is 9.74. The van der Waals surface area contributed by atoms with Crippen molar-refractivity contribution >= 4 is 96.9 Å². The average Bonchev–Trinajstić information content (AvgIpc) is 3.40. The summed E-state index contributed by atoms with van der Waals surface area (Å²) >= 11 is 27.5. The van der Waals surface area contributed by atoms with E-state index >= 15 is 0 Å². The normalized spacial score (nSPS) is 20.7. The Morgan fingerprint density at radius 3 is 1.59 bits per heavy atom. The fourth-order valence-corrected chi connectivity index (χ4v) is 13.7. The van der Waals surface area contributed by atoms with Crippen molar-refractivity contribution in [2.75, 3.05) is 31.9 Å². The van der Waals surface area contributed by atoms with Gasteiger partial charge < -0.3 is 5.32 Å². The van der Waals surface area contributed by atoms with E-state index in [0.29, 0.717) is 37.3 Å². The zero-order chi connectivity index (χ0) is 38.1. The Labute approximate surface area is 363 Å². The molecule has 6 nitrogen and oxygen atoms in total. The smallest absolute Gasteiger partial charge is 0.214 e. The number of rotatable bonds is 5. The van der Waals surface area contributed by atoms with Gasteiger partial charge in [-0.2, -0.15) is 0 Å². The molecule has 1 N–H and O–H groups in total. The molecular weight excluding hydrogens is 1000 g/mol. The molecule has 4 aliphatic rings. The third-order valence-electron chi connectivity index (χ3n) is 11.5. The summed E-state index contributed by atoms with van der Waals surface area (Å²) in [5.74, 6) is 1.66. The van der Waals surface area contributed by atoms with Crippen molar-refractivity contribution in [2.45, 2.75) is 76.5 Å². The molecule has 2 aliphatic carbocycles. The zero-order valence-corrected chi connectivity index (χ0v) is 38.8. The molecule has 2 aromatic heterocycles. The summed E-state index contributed by atoms with van der Waals surface area (Å²) in [5, 5.41) is 5.04. The molecular formula is C41H44Br4Cl2N4O2S. The van der Waals surface area contributed by atoms with Crippen LogP contribution < -0.4 is 5.32 Å². The molecule has 0 saturated carbocycles. The Hall–Kier alpha value is -0.890. The average molecular weight is 1050 g/mol. The minimum Gasteiger partial charge on any atom is -0.317 e. The number of benzene rings is 2. The Kier molecular flexibility index (Phi) is 13.7. The predicted octanol–water partition coefficient (Wildman–Crippen LogP) is 11.4. The van der Waals surface area contributed by atoms with Crippen molar-refractivity contribution in [3.05, 3.63) is 121 Å². The molecule has 2 aliphatic heterocycles. The van der Waals surface area contributed by atoms with Crippen LogP contribution in [0.3, 0.4) is 0 Å². The summed E-state index contributed by atoms with van der Waals surface area (Å²) in [7, 11) is -3.15. The number of pyridine rings is 2. The van der Waals surface area contributed by atoms with Crippen LogP contribution in [0, 0.1) is 11.8 Å². The number of piperidine rings is 2. The topological polar surface area (TPSA) is 75.2 Å². The highest BCUT2D eigenvalue weighted by atomic mass is 79.9. The maximum atomic E-state index is 12.5. The lowest BCUT2D eigenvalue weighted by Crippen LogP contribution is -2.41. The van der Waals surface area contributed by atoms with Crippen molar-refractivity contribution in [3.63, 3.8) is 0 Å². The summed E-state index contributed by atoms with van der Waals surface area (Å²) in [6.07, 6.45) is 12.4. The fourth-order valence-electron chi connectivity index (χ4n) is 9.11. The second kappa shape index (κ2) is 17.9. The zero-order valence-electron chi connectivity index (χ0n) is 30.2. The first-order valence-electron chi connectivity index (χ1n) is 18.9. The van der Waals surface area contributed by atoms with Crippen LogP contribution in [-0.2, 0) is 35.7 Å². The van der Waals surface area contributed by atoms with Gasteiger partial charge in [0.25, 0.3) is 0 Å². The molecule has 2 aromatic carbocycles. The van der Waals surface area contributed by atoms with Crippen LogP contribution in [0.1, 0.15) is 95.6 Å². The summed E-state index contributed by atoms with van der Waals surface area (Å²) in [5.41, 5.74) is 10.3. The van der Waals surface area contributed by atoms with Crippen molar-refractivity contribution in [2.24, 2.45) is 11.8 Å². The maximum absolute atomic E-state index is 12.5. The molecule has 8 rings (SSSR count). The Bertz CT molecular complexity index is 2120. The fraction of sp³-hybridized carbons (Fsp3) is 0.463. The molecule has 13 heteroatoms. The monoisotopic (exact) mass is 1040 g/mol. The van der Waals surface area contributed by atoms with Gasteiger partial charge in [0, 0.05) is 65.3 Å². The third-order valence-corrected chi connectivity index (χ3v) is 16.2. The summed E-state index contributed by atoms with van der Waals surface area (Å²) in [6.45, 7) is 5.25. The molecule has 2 fully saturated rings. The van der Waals surface area contributed by atoms with E-state index in [1.807, 2.05) is 31.5 Å². The van der Waals surface area contributed by atoms with Gasteiger partial charge in [-0.15, -0.1) is 0 Å². The molecule has 4 aromatic rings. The summed E-state index contributed by atoms with van der Waals surface area (Å²) < 4.78 is 31.0. The first-order chi connectivity index (χ1) is 25.9. The van der Waals surface area contributed by atoms with Crippen LogP contribution >= 0.6 is 86.9 Å². The van der Waals surface area contributed by atoms with Crippen LogP contribution in [0.4, 0.5) is 0 Å². The quantitative estimate of drug-likeness (QED) is 0.216. The van der Waals surface area contributed by atoms with Crippen LogP contribution in [0.2, 0.25) is 10.0 Å². The minimum atomic E-state index is -3.15. The Morgan fingerprint density at radius 1 is 0.685 bits per heavy atom. The second-order valence-electron chi connectivity index (χ2n) is 14.9. The highest BCUT2D eigenvalue weighted by Crippen LogP contribution is 2.47. The number of hydrogen-bond acceptors (Lipinski definition) is 5. The Morgan fingerprint density at radius 2 is 1.13 bits per heavy atom. The number of hydrogen-bond donors (Lipinski definition) is 1. The predicted molar refractivity (Wildman–Crippen MR) is 235 cm³/mol. The van der Waals surface area contributed by atoms with Gasteiger partial charge in [-0.25, -0.2) is 12.7 Å². The molecule has 0 amide bonds. The van der Waals surface area contributed by atoms with Gasteiger partial charge >= 0.3 is 0 Å². The van der Waals surface area contributed by atoms with E-state index in [0.717, 1.165) is 85.2 Å². The lowest BCUT2D eigenvalue weighted by atomic mass is 9.77. The number of nitrogens with zero attached hydrogens (tertiary/aromatic N) is 3. The van der Waals surface area contributed by atoms with E-state index in [1.54, 1.807) is 4.31 Å². The van der Waals surface area contributed by atoms with E-state index in [-0.39, 0.29) is 11.7 Å². The van der Waals surface area contributed by atoms with Gasteiger partial charge in [0.1, 0.15) is 0 Å². The number of fused-ring (bicyclic) bond motifs is 4. The largest absolute Gasteiger partial charge is 0.317 e. The molecule has 2 atom stereocenters. The number of sulfonamides is 1. The van der Waals surface area contributed by atoms with Crippen molar-refractivity contribution in [1.82, 2.24) is 19.6 Å². The van der Waals surface area contributed by atoms with E-state index in [9.17, 15) is 8.42 Å². The van der Waals surface area contributed by atoms with Crippen LogP contribution in [-0.4, -0.2) is 54.6 Å². The van der Waals surface area contributed by atoms with Gasteiger partial charge in [0.15, 0.2) is 0 Å². The number of aromatic nitrogens is 2. The van der Waals surface area contributed by atoms with Gasteiger partial charge in [-0.05, 0) is 184 Å². The van der Waals surface area contributed by atoms with Crippen molar-refractivity contribution in [3.8, 4) is 0 Å². The van der Waals surface area contributed by atoms with E-state index in [2.05, 4.69) is 93.3 Å². The van der Waals surface area contributed by atoms with Crippen LogP contribution in [0.25, 0.3) is 0 Å². The number of halogens is 6. The van der Waals surface area contributed by atoms with E-state index < -0.39 is 10.0 Å². The maximum Gasteiger partial charge on any atom is 0.214 e. The standard InChI is InChI=1S/C22H25Br2ClN2O2S.C19H19Br2ClN2/c1-2-9-30(28,29)27-7-5-14(6-8-27)21-20-15(11-18(25)12-19(20)24)3-4-16-10-17(23)13-26-22(16)21;20-14-7-13-2-1-12-8-15(22)9-16(21)17(12)18(19(13)24-10-14)11-3-5-23-6-4-11/h10-14,21H,2-9H2,1H3;7-11,18,23H,1-6H2. The lowest BCUT2D eigenvalue weighted by Gasteiger charge is -2.36. The molecule has 0 spiro atoms. The van der Waals surface area contributed by atoms with Gasteiger partial charge in [0.05, 0.1) is 17.1 Å². The third kappa shape index (κ3) is 9.05. The summed E-state index contributed by atoms with van der Waals surface area (Å²) in [6, 6.07) is 12.7. The highest BCUT2D eigenvalue weighted by Gasteiger charge is 2.38. The Balaban J connectivity index is 0.000000171. The number of aryl methyl sites for hydroxylation is 4. The van der Waals surface area contributed by atoms with Crippen LogP contribution in [0.5, 0.6) is 0 Å². The molecule has 2 unspecified atom stereocenters. The first kappa shape index (κ1) is 41.3. The SMILES string of the molecule is CCCS(=O)(=O)N1CCC(C2c3ncc(Br)cc3CCc3cc(Cl)cc(Br)c32)CC1.Clc1cc(Br)c2c(c1)CCc1cc(Br)cnc1C2C1CCNCC1. The van der Waals surface area contributed by atoms with E-state index in [1.165, 1.54) is 51.9 Å². The molecule has 288 valence electrons. The minimum absolute atomic E-state index is 0.133. The van der Waals surface area contributed by atoms with Gasteiger partial charge in [0.2, 0.25) is 10.0 Å². The van der Waals surface area contributed by atoms with Crippen molar-refractivity contribution in [1.29, 1.82) is 0 Å². The van der Waals surface area contributed by atoms with Crippen LogP contribution in [0.15, 0.2) is 66.7 Å². The van der Waals surface area contributed by atoms with Gasteiger partial charge in [-0.1, -0.05) is 62.0 Å². The lowest BCUT2D eigenvalue weighted by molar-refractivity contribution is 0.254. The number of nitrogens with one attached hydrogen (secondary N) is 1. The highest BCUT2D eigenvalue weighted by molar-refractivity contribution is 9.11. The molecule has 0 bridgehead atoms. The molecule has 4 heterocycles. The second-order valence-corrected chi connectivity index (χ2v) is 21.4. The molecule has 54 heavy (non-hydrogen) atoms. The van der Waals surface area contributed by atoms with Crippen molar-refractivity contribution < 1.29 is 8.42 Å². The molecule has 2 saturated heterocycles. The molecule has 0 radical (unpaired) electrons. The first-order valence-corrected chi connectivity index (χ1v) is 24.4. The van der Waals surface area contributed by atoms with E-state index in [4.69, 9.17) is 33.2 Å². The van der Waals surface area contributed by atoms with Gasteiger partial charge in [-0.3, -0.25) is 9.97 Å².